The number of hydrogen-bond acceptors (Lipinski definition) is 3. The Bertz CT molecular complexity index is 1020. The highest BCUT2D eigenvalue weighted by Gasteiger charge is 2.22. The zero-order valence-electron chi connectivity index (χ0n) is 15.1. The van der Waals surface area contributed by atoms with Crippen LogP contribution in [0.4, 0.5) is 0 Å². The predicted molar refractivity (Wildman–Crippen MR) is 102 cm³/mol. The van der Waals surface area contributed by atoms with E-state index in [1.165, 1.54) is 5.56 Å². The Hall–Kier alpha value is -3.15. The third-order valence-electron chi connectivity index (χ3n) is 5.35. The number of aromatic nitrogens is 2. The van der Waals surface area contributed by atoms with Crippen molar-refractivity contribution in [2.24, 2.45) is 0 Å². The number of carboxylic acid groups (broad SMARTS) is 1. The summed E-state index contributed by atoms with van der Waals surface area (Å²) in [6, 6.07) is 13.4. The van der Waals surface area contributed by atoms with E-state index in [1.54, 1.807) is 31.5 Å². The van der Waals surface area contributed by atoms with Gasteiger partial charge in [0, 0.05) is 25.7 Å². The van der Waals surface area contributed by atoms with Crippen molar-refractivity contribution in [1.29, 1.82) is 0 Å². The molecule has 6 heteroatoms. The quantitative estimate of drug-likeness (QED) is 0.773. The van der Waals surface area contributed by atoms with Gasteiger partial charge >= 0.3 is 5.97 Å². The molecule has 1 aliphatic rings. The zero-order chi connectivity index (χ0) is 19.0. The number of benzene rings is 2. The number of nitrogens with zero attached hydrogens (tertiary/aromatic N) is 3. The van der Waals surface area contributed by atoms with E-state index in [-0.39, 0.29) is 11.5 Å². The number of fused-ring (bicyclic) bond motifs is 1. The number of piperidine rings is 1. The Labute approximate surface area is 157 Å². The molecule has 0 unspecified atom stereocenters. The second-order valence-corrected chi connectivity index (χ2v) is 7.00. The minimum absolute atomic E-state index is 0.146. The van der Waals surface area contributed by atoms with Gasteiger partial charge in [-0.1, -0.05) is 12.1 Å². The van der Waals surface area contributed by atoms with E-state index in [0.717, 1.165) is 37.1 Å². The van der Waals surface area contributed by atoms with Gasteiger partial charge in [-0.05, 0) is 54.7 Å². The molecule has 2 aromatic carbocycles. The fourth-order valence-corrected chi connectivity index (χ4v) is 3.81. The average Bonchev–Trinajstić information content (AvgIpc) is 3.11. The van der Waals surface area contributed by atoms with Crippen molar-refractivity contribution in [3.8, 4) is 5.69 Å². The third kappa shape index (κ3) is 3.30. The summed E-state index contributed by atoms with van der Waals surface area (Å²) in [5, 5.41) is 9.14. The first-order valence-electron chi connectivity index (χ1n) is 9.09. The maximum atomic E-state index is 11.5. The first kappa shape index (κ1) is 17.3. The van der Waals surface area contributed by atoms with Gasteiger partial charge in [-0.2, -0.15) is 0 Å². The third-order valence-corrected chi connectivity index (χ3v) is 5.35. The van der Waals surface area contributed by atoms with Crippen LogP contribution >= 0.6 is 0 Å². The van der Waals surface area contributed by atoms with E-state index in [2.05, 4.69) is 17.1 Å². The Kier molecular flexibility index (Phi) is 4.39. The van der Waals surface area contributed by atoms with Crippen LogP contribution in [0.2, 0.25) is 0 Å². The molecule has 0 spiro atoms. The van der Waals surface area contributed by atoms with Crippen molar-refractivity contribution in [3.05, 3.63) is 59.9 Å². The minimum Gasteiger partial charge on any atom is -0.478 e. The molecule has 1 aliphatic heterocycles. The number of imidazole rings is 1. The smallest absolute Gasteiger partial charge is 0.335 e. The van der Waals surface area contributed by atoms with Gasteiger partial charge in [0.25, 0.3) is 0 Å². The minimum atomic E-state index is -0.953. The van der Waals surface area contributed by atoms with Crippen molar-refractivity contribution in [1.82, 2.24) is 14.5 Å². The highest BCUT2D eigenvalue weighted by molar-refractivity contribution is 5.92. The number of carboxylic acids is 1. The molecule has 27 heavy (non-hydrogen) atoms. The topological polar surface area (TPSA) is 75.4 Å². The molecule has 2 heterocycles. The summed E-state index contributed by atoms with van der Waals surface area (Å²) in [5.41, 5.74) is 4.05. The summed E-state index contributed by atoms with van der Waals surface area (Å²) in [6.45, 7) is 3.23. The van der Waals surface area contributed by atoms with Crippen LogP contribution in [0.15, 0.2) is 48.8 Å². The molecule has 0 radical (unpaired) electrons. The van der Waals surface area contributed by atoms with Crippen LogP contribution in [0.5, 0.6) is 0 Å². The summed E-state index contributed by atoms with van der Waals surface area (Å²) >= 11 is 0. The maximum Gasteiger partial charge on any atom is 0.335 e. The lowest BCUT2D eigenvalue weighted by molar-refractivity contribution is -0.129. The maximum absolute atomic E-state index is 11.5. The molecule has 0 atom stereocenters. The first-order valence-corrected chi connectivity index (χ1v) is 9.09. The predicted octanol–water partition coefficient (Wildman–Crippen LogP) is 3.45. The lowest BCUT2D eigenvalue weighted by Crippen LogP contribution is -2.36. The molecule has 0 aliphatic carbocycles. The van der Waals surface area contributed by atoms with E-state index in [0.29, 0.717) is 11.4 Å². The molecular formula is C21H21N3O3. The Morgan fingerprint density at radius 2 is 1.89 bits per heavy atom. The molecule has 3 aromatic rings. The van der Waals surface area contributed by atoms with Crippen molar-refractivity contribution >= 4 is 22.9 Å². The number of carbonyl (C=O) groups is 2. The second kappa shape index (κ2) is 6.87. The van der Waals surface area contributed by atoms with Crippen LogP contribution in [0, 0.1) is 0 Å². The van der Waals surface area contributed by atoms with E-state index < -0.39 is 5.97 Å². The largest absolute Gasteiger partial charge is 0.478 e. The molecule has 0 bridgehead atoms. The molecule has 0 saturated carbocycles. The Balaban J connectivity index is 1.62. The van der Waals surface area contributed by atoms with E-state index in [9.17, 15) is 9.59 Å². The number of aromatic carboxylic acids is 1. The number of amides is 1. The van der Waals surface area contributed by atoms with Crippen molar-refractivity contribution in [3.63, 3.8) is 0 Å². The van der Waals surface area contributed by atoms with Crippen LogP contribution in [0.25, 0.3) is 16.7 Å². The fraction of sp³-hybridized carbons (Fsp3) is 0.286. The Morgan fingerprint density at radius 3 is 2.59 bits per heavy atom. The normalized spacial score (nSPS) is 15.2. The van der Waals surface area contributed by atoms with Crippen LogP contribution in [0.1, 0.15) is 41.6 Å². The molecule has 6 nitrogen and oxygen atoms in total. The summed E-state index contributed by atoms with van der Waals surface area (Å²) in [6.07, 6.45) is 3.67. The number of carbonyl (C=O) groups excluding carboxylic acids is 1. The van der Waals surface area contributed by atoms with Gasteiger partial charge in [0.2, 0.25) is 5.91 Å². The lowest BCUT2D eigenvalue weighted by Gasteiger charge is -2.31. The van der Waals surface area contributed by atoms with Crippen molar-refractivity contribution in [2.45, 2.75) is 25.7 Å². The van der Waals surface area contributed by atoms with Gasteiger partial charge in [-0.3, -0.25) is 9.36 Å². The van der Waals surface area contributed by atoms with Gasteiger partial charge in [0.05, 0.1) is 16.6 Å². The van der Waals surface area contributed by atoms with Gasteiger partial charge in [-0.15, -0.1) is 0 Å². The van der Waals surface area contributed by atoms with E-state index >= 15 is 0 Å². The summed E-state index contributed by atoms with van der Waals surface area (Å²) in [4.78, 5) is 28.9. The molecular weight excluding hydrogens is 342 g/mol. The molecule has 4 rings (SSSR count). The van der Waals surface area contributed by atoms with E-state index in [1.807, 2.05) is 21.6 Å². The van der Waals surface area contributed by atoms with Crippen molar-refractivity contribution in [2.75, 3.05) is 13.1 Å². The Morgan fingerprint density at radius 1 is 1.11 bits per heavy atom. The average molecular weight is 363 g/mol. The highest BCUT2D eigenvalue weighted by atomic mass is 16.4. The summed E-state index contributed by atoms with van der Waals surface area (Å²) in [5.74, 6) is -0.368. The van der Waals surface area contributed by atoms with Crippen molar-refractivity contribution < 1.29 is 14.7 Å². The fourth-order valence-electron chi connectivity index (χ4n) is 3.81. The molecule has 138 valence electrons. The number of rotatable bonds is 3. The summed E-state index contributed by atoms with van der Waals surface area (Å²) in [7, 11) is 0. The van der Waals surface area contributed by atoms with E-state index in [4.69, 9.17) is 5.11 Å². The van der Waals surface area contributed by atoms with Crippen LogP contribution in [-0.4, -0.2) is 44.5 Å². The molecule has 1 aromatic heterocycles. The molecule has 1 fully saturated rings. The SMILES string of the molecule is CC(=O)N1CCC(c2cccc(-n3cnc4cc(C(=O)O)ccc43)c2)CC1. The molecule has 1 N–H and O–H groups in total. The number of likely N-dealkylation sites (tertiary alicyclic amines) is 1. The second-order valence-electron chi connectivity index (χ2n) is 7.00. The highest BCUT2D eigenvalue weighted by Crippen LogP contribution is 2.30. The standard InChI is InChI=1S/C21H21N3O3/c1-14(25)23-9-7-15(8-10-23)16-3-2-4-18(11-16)24-13-22-19-12-17(21(26)27)5-6-20(19)24/h2-6,11-13,15H,7-10H2,1H3,(H,26,27). The molecule has 1 amide bonds. The lowest BCUT2D eigenvalue weighted by atomic mass is 9.89. The monoisotopic (exact) mass is 363 g/mol. The van der Waals surface area contributed by atoms with Gasteiger partial charge in [0.15, 0.2) is 0 Å². The molecule has 1 saturated heterocycles. The van der Waals surface area contributed by atoms with Gasteiger partial charge < -0.3 is 10.0 Å². The van der Waals surface area contributed by atoms with Gasteiger partial charge in [0.1, 0.15) is 6.33 Å². The van der Waals surface area contributed by atoms with Crippen LogP contribution in [0.3, 0.4) is 0 Å². The van der Waals surface area contributed by atoms with Crippen LogP contribution < -0.4 is 0 Å². The van der Waals surface area contributed by atoms with Gasteiger partial charge in [-0.25, -0.2) is 9.78 Å². The first-order chi connectivity index (χ1) is 13.0. The van der Waals surface area contributed by atoms with Crippen LogP contribution in [-0.2, 0) is 4.79 Å². The zero-order valence-corrected chi connectivity index (χ0v) is 15.1. The number of hydrogen-bond donors (Lipinski definition) is 1. The summed E-state index contributed by atoms with van der Waals surface area (Å²) < 4.78 is 1.98.